The molecular formula is C27H25N5OS. The van der Waals surface area contributed by atoms with Crippen LogP contribution in [0.4, 0.5) is 0 Å². The maximum absolute atomic E-state index is 12.9. The van der Waals surface area contributed by atoms with Crippen LogP contribution >= 0.6 is 11.8 Å². The number of amides is 1. The second-order valence-electron chi connectivity index (χ2n) is 8.20. The molecule has 7 heteroatoms. The molecule has 34 heavy (non-hydrogen) atoms. The lowest BCUT2D eigenvalue weighted by Crippen LogP contribution is -2.25. The van der Waals surface area contributed by atoms with Crippen LogP contribution in [0.5, 0.6) is 0 Å². The first-order chi connectivity index (χ1) is 16.6. The summed E-state index contributed by atoms with van der Waals surface area (Å²) in [5, 5.41) is 4.44. The Labute approximate surface area is 202 Å². The van der Waals surface area contributed by atoms with Crippen LogP contribution in [0.1, 0.15) is 27.2 Å². The average Bonchev–Trinajstić information content (AvgIpc) is 3.49. The first-order valence-corrected chi connectivity index (χ1v) is 12.1. The molecule has 0 N–H and O–H groups in total. The number of carbonyl (C=O) groups is 1. The Morgan fingerprint density at radius 3 is 2.53 bits per heavy atom. The fourth-order valence-corrected chi connectivity index (χ4v) is 4.60. The maximum Gasteiger partial charge on any atom is 0.253 e. The standard InChI is InChI=1S/C27H25N5OS/c1-30(16-22-15-28-32(18-22)17-21-7-3-2-4-8-21)27(33)23-10-12-25(13-11-23)34-20-24-19-31-14-6-5-9-26(31)29-24/h2-15,18-19H,16-17,20H2,1H3. The van der Waals surface area contributed by atoms with Crippen molar-refractivity contribution in [1.82, 2.24) is 24.1 Å². The van der Waals surface area contributed by atoms with Gasteiger partial charge < -0.3 is 9.30 Å². The molecule has 0 spiro atoms. The summed E-state index contributed by atoms with van der Waals surface area (Å²) in [5.74, 6) is 0.773. The smallest absolute Gasteiger partial charge is 0.253 e. The van der Waals surface area contributed by atoms with Gasteiger partial charge in [0.15, 0.2) is 0 Å². The summed E-state index contributed by atoms with van der Waals surface area (Å²) in [6.07, 6.45) is 7.88. The predicted octanol–water partition coefficient (Wildman–Crippen LogP) is 5.14. The Balaban J connectivity index is 1.16. The predicted molar refractivity (Wildman–Crippen MR) is 135 cm³/mol. The van der Waals surface area contributed by atoms with Gasteiger partial charge in [-0.1, -0.05) is 36.4 Å². The van der Waals surface area contributed by atoms with Crippen molar-refractivity contribution in [2.75, 3.05) is 7.05 Å². The van der Waals surface area contributed by atoms with Gasteiger partial charge in [0.25, 0.3) is 5.91 Å². The molecular weight excluding hydrogens is 442 g/mol. The molecule has 0 unspecified atom stereocenters. The monoisotopic (exact) mass is 467 g/mol. The quantitative estimate of drug-likeness (QED) is 0.297. The molecule has 3 heterocycles. The molecule has 0 fully saturated rings. The number of pyridine rings is 1. The number of aromatic nitrogens is 4. The number of nitrogens with zero attached hydrogens (tertiary/aromatic N) is 5. The van der Waals surface area contributed by atoms with Gasteiger partial charge in [-0.05, 0) is 42.0 Å². The van der Waals surface area contributed by atoms with Crippen molar-refractivity contribution >= 4 is 23.3 Å². The summed E-state index contributed by atoms with van der Waals surface area (Å²) in [7, 11) is 1.82. The molecule has 170 valence electrons. The largest absolute Gasteiger partial charge is 0.337 e. The molecule has 5 aromatic rings. The number of imidazole rings is 1. The summed E-state index contributed by atoms with van der Waals surface area (Å²) < 4.78 is 3.93. The summed E-state index contributed by atoms with van der Waals surface area (Å²) in [6.45, 7) is 1.23. The van der Waals surface area contributed by atoms with E-state index in [1.165, 1.54) is 5.56 Å². The van der Waals surface area contributed by atoms with Crippen molar-refractivity contribution in [2.45, 2.75) is 23.7 Å². The zero-order chi connectivity index (χ0) is 23.3. The maximum atomic E-state index is 12.9. The average molecular weight is 468 g/mol. The van der Waals surface area contributed by atoms with Gasteiger partial charge in [-0.3, -0.25) is 9.48 Å². The normalized spacial score (nSPS) is 11.1. The van der Waals surface area contributed by atoms with E-state index in [1.54, 1.807) is 16.7 Å². The van der Waals surface area contributed by atoms with Gasteiger partial charge in [-0.2, -0.15) is 5.10 Å². The highest BCUT2D eigenvalue weighted by Crippen LogP contribution is 2.23. The second kappa shape index (κ2) is 9.97. The van der Waals surface area contributed by atoms with E-state index in [4.69, 9.17) is 0 Å². The fraction of sp³-hybridized carbons (Fsp3) is 0.148. The van der Waals surface area contributed by atoms with Crippen molar-refractivity contribution in [3.8, 4) is 0 Å². The Morgan fingerprint density at radius 1 is 0.941 bits per heavy atom. The highest BCUT2D eigenvalue weighted by molar-refractivity contribution is 7.98. The van der Waals surface area contributed by atoms with E-state index in [-0.39, 0.29) is 5.91 Å². The first kappa shape index (κ1) is 22.0. The molecule has 0 bridgehead atoms. The topological polar surface area (TPSA) is 55.4 Å². The van der Waals surface area contributed by atoms with E-state index in [9.17, 15) is 4.79 Å². The van der Waals surface area contributed by atoms with Crippen LogP contribution in [0.15, 0.2) is 102 Å². The molecule has 0 aliphatic heterocycles. The fourth-order valence-electron chi connectivity index (χ4n) is 3.82. The lowest BCUT2D eigenvalue weighted by molar-refractivity contribution is 0.0785. The number of thioether (sulfide) groups is 1. The molecule has 0 radical (unpaired) electrons. The molecule has 6 nitrogen and oxygen atoms in total. The third kappa shape index (κ3) is 5.21. The third-order valence-corrected chi connectivity index (χ3v) is 6.59. The number of hydrogen-bond donors (Lipinski definition) is 0. The summed E-state index contributed by atoms with van der Waals surface area (Å²) in [6, 6.07) is 24.0. The number of rotatable bonds is 8. The van der Waals surface area contributed by atoms with Crippen LogP contribution in [0.3, 0.4) is 0 Å². The van der Waals surface area contributed by atoms with Gasteiger partial charge in [0, 0.05) is 54.0 Å². The van der Waals surface area contributed by atoms with Crippen LogP contribution in [-0.2, 0) is 18.8 Å². The molecule has 0 atom stereocenters. The van der Waals surface area contributed by atoms with Crippen LogP contribution < -0.4 is 0 Å². The van der Waals surface area contributed by atoms with E-state index < -0.39 is 0 Å². The van der Waals surface area contributed by atoms with Gasteiger partial charge in [0.05, 0.1) is 18.4 Å². The highest BCUT2D eigenvalue weighted by Gasteiger charge is 2.13. The van der Waals surface area contributed by atoms with E-state index in [0.29, 0.717) is 18.7 Å². The van der Waals surface area contributed by atoms with Crippen molar-refractivity contribution in [2.24, 2.45) is 0 Å². The number of carbonyl (C=O) groups excluding carboxylic acids is 1. The minimum atomic E-state index is -0.00675. The van der Waals surface area contributed by atoms with E-state index in [0.717, 1.165) is 27.6 Å². The molecule has 5 rings (SSSR count). The van der Waals surface area contributed by atoms with Crippen LogP contribution in [0.2, 0.25) is 0 Å². The van der Waals surface area contributed by atoms with Gasteiger partial charge in [0.1, 0.15) is 5.65 Å². The van der Waals surface area contributed by atoms with Crippen molar-refractivity contribution in [3.63, 3.8) is 0 Å². The summed E-state index contributed by atoms with van der Waals surface area (Å²) in [4.78, 5) is 20.4. The molecule has 0 saturated heterocycles. The van der Waals surface area contributed by atoms with Crippen molar-refractivity contribution in [3.05, 3.63) is 120 Å². The Hall–Kier alpha value is -3.84. The van der Waals surface area contributed by atoms with Gasteiger partial charge in [-0.15, -0.1) is 11.8 Å². The summed E-state index contributed by atoms with van der Waals surface area (Å²) in [5.41, 5.74) is 4.86. The van der Waals surface area contributed by atoms with E-state index in [2.05, 4.69) is 28.4 Å². The molecule has 0 aliphatic carbocycles. The van der Waals surface area contributed by atoms with Crippen LogP contribution in [-0.4, -0.2) is 37.0 Å². The first-order valence-electron chi connectivity index (χ1n) is 11.1. The van der Waals surface area contributed by atoms with E-state index in [1.807, 2.05) is 95.4 Å². The molecule has 3 aromatic heterocycles. The molecule has 0 aliphatic rings. The van der Waals surface area contributed by atoms with Gasteiger partial charge >= 0.3 is 0 Å². The zero-order valence-electron chi connectivity index (χ0n) is 18.9. The zero-order valence-corrected chi connectivity index (χ0v) is 19.7. The van der Waals surface area contributed by atoms with Gasteiger partial charge in [0.2, 0.25) is 0 Å². The highest BCUT2D eigenvalue weighted by atomic mass is 32.2. The minimum absolute atomic E-state index is 0.00675. The SMILES string of the molecule is CN(Cc1cnn(Cc2ccccc2)c1)C(=O)c1ccc(SCc2cn3ccccc3n2)cc1. The molecule has 0 saturated carbocycles. The lowest BCUT2D eigenvalue weighted by atomic mass is 10.2. The van der Waals surface area contributed by atoms with Crippen LogP contribution in [0, 0.1) is 0 Å². The van der Waals surface area contributed by atoms with Crippen molar-refractivity contribution < 1.29 is 4.79 Å². The minimum Gasteiger partial charge on any atom is -0.337 e. The van der Waals surface area contributed by atoms with Gasteiger partial charge in [-0.25, -0.2) is 4.98 Å². The third-order valence-electron chi connectivity index (χ3n) is 5.54. The number of hydrogen-bond acceptors (Lipinski definition) is 4. The number of benzene rings is 2. The van der Waals surface area contributed by atoms with Crippen molar-refractivity contribution in [1.29, 1.82) is 0 Å². The number of fused-ring (bicyclic) bond motifs is 1. The molecule has 1 amide bonds. The Morgan fingerprint density at radius 2 is 1.74 bits per heavy atom. The van der Waals surface area contributed by atoms with E-state index >= 15 is 0 Å². The van der Waals surface area contributed by atoms with Crippen LogP contribution in [0.25, 0.3) is 5.65 Å². The second-order valence-corrected chi connectivity index (χ2v) is 9.25. The Bertz CT molecular complexity index is 1360. The summed E-state index contributed by atoms with van der Waals surface area (Å²) >= 11 is 1.71. The Kier molecular flexibility index (Phi) is 6.44. The molecule has 2 aromatic carbocycles. The lowest BCUT2D eigenvalue weighted by Gasteiger charge is -2.16.